The van der Waals surface area contributed by atoms with E-state index in [4.69, 9.17) is 0 Å². The number of hydrogen-bond acceptors (Lipinski definition) is 5. The van der Waals surface area contributed by atoms with Crippen molar-refractivity contribution in [2.45, 2.75) is 19.4 Å². The standard InChI is InChI=1S/C14H31N5/c1-14(2)13-17-4-3-15-5-8-18-9-6-16-7-10-19(14)12-11-18/h15-17H,3-13H2,1-2H3. The Bertz CT molecular complexity index is 256. The highest BCUT2D eigenvalue weighted by molar-refractivity contribution is 4.86. The van der Waals surface area contributed by atoms with Crippen molar-refractivity contribution in [3.05, 3.63) is 0 Å². The molecule has 2 rings (SSSR count). The van der Waals surface area contributed by atoms with Crippen LogP contribution in [0.25, 0.3) is 0 Å². The van der Waals surface area contributed by atoms with Crippen LogP contribution in [-0.2, 0) is 0 Å². The van der Waals surface area contributed by atoms with Crippen molar-refractivity contribution in [1.29, 1.82) is 0 Å². The monoisotopic (exact) mass is 269 g/mol. The van der Waals surface area contributed by atoms with Gasteiger partial charge in [0, 0.05) is 77.5 Å². The maximum atomic E-state index is 3.59. The molecule has 0 radical (unpaired) electrons. The van der Waals surface area contributed by atoms with E-state index in [1.54, 1.807) is 0 Å². The Labute approximate surface area is 118 Å². The van der Waals surface area contributed by atoms with Crippen molar-refractivity contribution in [2.24, 2.45) is 0 Å². The van der Waals surface area contributed by atoms with Gasteiger partial charge in [-0.05, 0) is 13.8 Å². The zero-order chi connectivity index (χ0) is 13.6. The average molecular weight is 269 g/mol. The number of fused-ring (bicyclic) bond motifs is 3. The molecule has 5 heteroatoms. The molecule has 5 nitrogen and oxygen atoms in total. The molecule has 2 unspecified atom stereocenters. The van der Waals surface area contributed by atoms with Crippen molar-refractivity contribution in [3.63, 3.8) is 0 Å². The zero-order valence-electron chi connectivity index (χ0n) is 12.7. The molecule has 0 aliphatic carbocycles. The fourth-order valence-corrected chi connectivity index (χ4v) is 2.94. The van der Waals surface area contributed by atoms with Gasteiger partial charge in [-0.2, -0.15) is 0 Å². The van der Waals surface area contributed by atoms with Crippen LogP contribution in [0, 0.1) is 0 Å². The lowest BCUT2D eigenvalue weighted by molar-refractivity contribution is 0.106. The van der Waals surface area contributed by atoms with Crippen molar-refractivity contribution < 1.29 is 0 Å². The summed E-state index contributed by atoms with van der Waals surface area (Å²) in [7, 11) is 0. The third-order valence-corrected chi connectivity index (χ3v) is 4.35. The summed E-state index contributed by atoms with van der Waals surface area (Å²) in [6.45, 7) is 17.1. The third-order valence-electron chi connectivity index (χ3n) is 4.35. The third kappa shape index (κ3) is 5.00. The van der Waals surface area contributed by atoms with Gasteiger partial charge in [-0.15, -0.1) is 0 Å². The van der Waals surface area contributed by atoms with Gasteiger partial charge in [0.05, 0.1) is 0 Å². The molecule has 3 N–H and O–H groups in total. The van der Waals surface area contributed by atoms with E-state index in [0.717, 1.165) is 52.4 Å². The number of nitrogens with one attached hydrogen (secondary N) is 3. The van der Waals surface area contributed by atoms with Crippen LogP contribution in [0.5, 0.6) is 0 Å². The van der Waals surface area contributed by atoms with E-state index in [0.29, 0.717) is 0 Å². The topological polar surface area (TPSA) is 42.6 Å². The van der Waals surface area contributed by atoms with Crippen LogP contribution in [-0.4, -0.2) is 87.3 Å². The van der Waals surface area contributed by atoms with Crippen molar-refractivity contribution in [3.8, 4) is 0 Å². The second-order valence-electron chi connectivity index (χ2n) is 6.32. The van der Waals surface area contributed by atoms with Gasteiger partial charge in [-0.1, -0.05) is 0 Å². The van der Waals surface area contributed by atoms with Crippen LogP contribution in [0.1, 0.15) is 13.8 Å². The summed E-state index contributed by atoms with van der Waals surface area (Å²) in [4.78, 5) is 5.23. The summed E-state index contributed by atoms with van der Waals surface area (Å²) in [5.41, 5.74) is 0.233. The number of hydrogen-bond donors (Lipinski definition) is 3. The van der Waals surface area contributed by atoms with Gasteiger partial charge >= 0.3 is 0 Å². The highest BCUT2D eigenvalue weighted by atomic mass is 15.3. The smallest absolute Gasteiger partial charge is 0.0278 e. The lowest BCUT2D eigenvalue weighted by Gasteiger charge is -2.40. The van der Waals surface area contributed by atoms with Gasteiger partial charge in [-0.3, -0.25) is 9.80 Å². The normalized spacial score (nSPS) is 34.4. The molecule has 0 aromatic carbocycles. The van der Waals surface area contributed by atoms with E-state index in [1.807, 2.05) is 0 Å². The summed E-state index contributed by atoms with van der Waals surface area (Å²) in [5, 5.41) is 10.7. The van der Waals surface area contributed by atoms with Gasteiger partial charge in [-0.25, -0.2) is 0 Å². The fourth-order valence-electron chi connectivity index (χ4n) is 2.94. The molecule has 0 spiro atoms. The van der Waals surface area contributed by atoms with E-state index in [9.17, 15) is 0 Å². The number of nitrogens with zero attached hydrogens (tertiary/aromatic N) is 2. The van der Waals surface area contributed by atoms with Gasteiger partial charge in [0.1, 0.15) is 0 Å². The van der Waals surface area contributed by atoms with Gasteiger partial charge in [0.15, 0.2) is 0 Å². The molecule has 2 atom stereocenters. The van der Waals surface area contributed by atoms with Crippen LogP contribution in [0.3, 0.4) is 0 Å². The molecular weight excluding hydrogens is 238 g/mol. The van der Waals surface area contributed by atoms with Crippen molar-refractivity contribution in [1.82, 2.24) is 25.8 Å². The Kier molecular flexibility index (Phi) is 6.04. The molecular formula is C14H31N5. The van der Waals surface area contributed by atoms with Gasteiger partial charge < -0.3 is 16.0 Å². The Morgan fingerprint density at radius 3 is 2.11 bits per heavy atom. The average Bonchev–Trinajstić information content (AvgIpc) is 2.48. The van der Waals surface area contributed by atoms with Crippen molar-refractivity contribution in [2.75, 3.05) is 72.0 Å². The minimum atomic E-state index is 0.233. The Hall–Kier alpha value is -0.200. The first-order valence-electron chi connectivity index (χ1n) is 7.78. The molecule has 2 aliphatic rings. The van der Waals surface area contributed by atoms with Gasteiger partial charge in [0.25, 0.3) is 0 Å². The molecule has 0 amide bonds. The largest absolute Gasteiger partial charge is 0.314 e. The molecule has 0 aromatic rings. The van der Waals surface area contributed by atoms with E-state index < -0.39 is 0 Å². The lowest BCUT2D eigenvalue weighted by atomic mass is 10.0. The van der Waals surface area contributed by atoms with E-state index in [-0.39, 0.29) is 5.54 Å². The molecule has 0 saturated carbocycles. The minimum absolute atomic E-state index is 0.233. The SMILES string of the molecule is CC1(C)CNCCNCCN2CCNCCN1CC2. The number of rotatable bonds is 0. The highest BCUT2D eigenvalue weighted by Gasteiger charge is 2.27. The second kappa shape index (κ2) is 7.55. The summed E-state index contributed by atoms with van der Waals surface area (Å²) >= 11 is 0. The molecule has 112 valence electrons. The first-order valence-corrected chi connectivity index (χ1v) is 7.78. The summed E-state index contributed by atoms with van der Waals surface area (Å²) < 4.78 is 0. The molecule has 2 fully saturated rings. The predicted octanol–water partition coefficient (Wildman–Crippen LogP) is -0.835. The van der Waals surface area contributed by atoms with E-state index in [2.05, 4.69) is 39.6 Å². The van der Waals surface area contributed by atoms with Crippen LogP contribution in [0.4, 0.5) is 0 Å². The quantitative estimate of drug-likeness (QED) is 0.535. The summed E-state index contributed by atoms with van der Waals surface area (Å²) in [6, 6.07) is 0. The molecule has 0 aromatic heterocycles. The lowest BCUT2D eigenvalue weighted by Crippen LogP contribution is -2.55. The second-order valence-corrected chi connectivity index (χ2v) is 6.32. The van der Waals surface area contributed by atoms with Gasteiger partial charge in [0.2, 0.25) is 0 Å². The molecule has 2 saturated heterocycles. The summed E-state index contributed by atoms with van der Waals surface area (Å²) in [6.07, 6.45) is 0. The Morgan fingerprint density at radius 1 is 0.684 bits per heavy atom. The molecule has 2 aliphatic heterocycles. The van der Waals surface area contributed by atoms with Crippen molar-refractivity contribution >= 4 is 0 Å². The Balaban J connectivity index is 2.02. The first-order chi connectivity index (χ1) is 9.18. The van der Waals surface area contributed by atoms with Crippen LogP contribution in [0.15, 0.2) is 0 Å². The first kappa shape index (κ1) is 15.2. The van der Waals surface area contributed by atoms with E-state index >= 15 is 0 Å². The van der Waals surface area contributed by atoms with Crippen LogP contribution in [0.2, 0.25) is 0 Å². The molecule has 2 heterocycles. The zero-order valence-corrected chi connectivity index (χ0v) is 12.7. The maximum absolute atomic E-state index is 3.59. The maximum Gasteiger partial charge on any atom is 0.0278 e. The fraction of sp³-hybridized carbons (Fsp3) is 1.00. The molecule has 19 heavy (non-hydrogen) atoms. The summed E-state index contributed by atoms with van der Waals surface area (Å²) in [5.74, 6) is 0. The van der Waals surface area contributed by atoms with E-state index in [1.165, 1.54) is 19.6 Å². The van der Waals surface area contributed by atoms with Crippen LogP contribution >= 0.6 is 0 Å². The highest BCUT2D eigenvalue weighted by Crippen LogP contribution is 2.13. The van der Waals surface area contributed by atoms with Crippen LogP contribution < -0.4 is 16.0 Å². The molecule has 2 bridgehead atoms. The minimum Gasteiger partial charge on any atom is -0.314 e. The Morgan fingerprint density at radius 2 is 1.32 bits per heavy atom. The predicted molar refractivity (Wildman–Crippen MR) is 80.7 cm³/mol.